The molecule has 0 spiro atoms. The highest BCUT2D eigenvalue weighted by Gasteiger charge is 2.37. The number of ketones is 1. The van der Waals surface area contributed by atoms with Crippen LogP contribution in [0.3, 0.4) is 0 Å². The zero-order chi connectivity index (χ0) is 29.5. The number of aryl methyl sites for hydroxylation is 2. The lowest BCUT2D eigenvalue weighted by Gasteiger charge is -2.25. The van der Waals surface area contributed by atoms with E-state index in [1.807, 2.05) is 38.9 Å². The maximum Gasteiger partial charge on any atom is 0.419 e. The number of hydrogen-bond donors (Lipinski definition) is 0. The van der Waals surface area contributed by atoms with E-state index >= 15 is 4.39 Å². The molecule has 216 valence electrons. The Morgan fingerprint density at radius 2 is 1.78 bits per heavy atom. The number of likely N-dealkylation sites (N-methyl/N-ethyl adjacent to an activating group) is 1. The smallest absolute Gasteiger partial charge is 0.368 e. The lowest BCUT2D eigenvalue weighted by molar-refractivity contribution is -0.139. The summed E-state index contributed by atoms with van der Waals surface area (Å²) in [6, 6.07) is 7.22. The SMILES string of the molecule is Cc1ccc(CC(=O)c2cc(N3CCCN(C)CC3)c(F)c(C(F)(F)F)c2)cc1-n1cc(-c2cnn(C)c2C)nn1. The molecular weight excluding hydrogens is 538 g/mol. The topological polar surface area (TPSA) is 72.1 Å². The summed E-state index contributed by atoms with van der Waals surface area (Å²) in [5, 5.41) is 12.8. The maximum atomic E-state index is 15.2. The number of anilines is 1. The van der Waals surface area contributed by atoms with Gasteiger partial charge in [0.2, 0.25) is 0 Å². The molecule has 0 amide bonds. The van der Waals surface area contributed by atoms with E-state index in [0.717, 1.165) is 23.4 Å². The van der Waals surface area contributed by atoms with Crippen molar-refractivity contribution in [2.45, 2.75) is 32.9 Å². The Morgan fingerprint density at radius 1 is 1.00 bits per heavy atom. The summed E-state index contributed by atoms with van der Waals surface area (Å²) in [6.45, 7) is 5.91. The zero-order valence-electron chi connectivity index (χ0n) is 23.3. The molecule has 3 heterocycles. The average molecular weight is 570 g/mol. The van der Waals surface area contributed by atoms with Crippen molar-refractivity contribution in [3.8, 4) is 16.9 Å². The minimum absolute atomic E-state index is 0.165. The fraction of sp³-hybridized carbons (Fsp3) is 0.379. The number of halogens is 4. The van der Waals surface area contributed by atoms with Gasteiger partial charge < -0.3 is 9.80 Å². The molecule has 5 rings (SSSR count). The fourth-order valence-electron chi connectivity index (χ4n) is 5.05. The molecule has 0 bridgehead atoms. The molecular formula is C29H31F4N7O. The van der Waals surface area contributed by atoms with E-state index in [1.165, 1.54) is 6.07 Å². The molecule has 12 heteroatoms. The van der Waals surface area contributed by atoms with E-state index in [0.29, 0.717) is 49.1 Å². The van der Waals surface area contributed by atoms with Gasteiger partial charge in [-0.15, -0.1) is 5.10 Å². The number of alkyl halides is 3. The molecule has 0 atom stereocenters. The lowest BCUT2D eigenvalue weighted by Crippen LogP contribution is -2.30. The Bertz CT molecular complexity index is 1590. The van der Waals surface area contributed by atoms with Gasteiger partial charge >= 0.3 is 6.18 Å². The molecule has 4 aromatic rings. The Morgan fingerprint density at radius 3 is 2.49 bits per heavy atom. The predicted octanol–water partition coefficient (Wildman–Crippen LogP) is 5.01. The van der Waals surface area contributed by atoms with Crippen LogP contribution < -0.4 is 4.90 Å². The summed E-state index contributed by atoms with van der Waals surface area (Å²) in [4.78, 5) is 17.0. The molecule has 1 aliphatic rings. The molecule has 0 unspecified atom stereocenters. The van der Waals surface area contributed by atoms with Crippen molar-refractivity contribution >= 4 is 11.5 Å². The van der Waals surface area contributed by atoms with E-state index in [4.69, 9.17) is 0 Å². The van der Waals surface area contributed by atoms with E-state index in [1.54, 1.807) is 38.8 Å². The number of nitrogens with zero attached hydrogens (tertiary/aromatic N) is 7. The first-order valence-corrected chi connectivity index (χ1v) is 13.3. The molecule has 41 heavy (non-hydrogen) atoms. The molecule has 8 nitrogen and oxygen atoms in total. The summed E-state index contributed by atoms with van der Waals surface area (Å²) < 4.78 is 60.1. The standard InChI is InChI=1S/C29H31F4N7O/c1-18-6-7-20(12-25(18)40-17-24(35-36-40)22-16-34-38(4)19(22)2)13-27(41)21-14-23(29(31,32)33)28(30)26(15-21)39-9-5-8-37(3)10-11-39/h6-7,12,14-17H,5,8-11,13H2,1-4H3. The van der Waals surface area contributed by atoms with Crippen LogP contribution in [0.2, 0.25) is 0 Å². The fourth-order valence-corrected chi connectivity index (χ4v) is 5.05. The van der Waals surface area contributed by atoms with E-state index in [9.17, 15) is 18.0 Å². The number of aromatic nitrogens is 5. The van der Waals surface area contributed by atoms with Crippen LogP contribution in [0.4, 0.5) is 23.2 Å². The highest BCUT2D eigenvalue weighted by atomic mass is 19.4. The van der Waals surface area contributed by atoms with Crippen molar-refractivity contribution in [2.24, 2.45) is 7.05 Å². The van der Waals surface area contributed by atoms with Crippen LogP contribution in [-0.2, 0) is 19.6 Å². The third-order valence-corrected chi connectivity index (χ3v) is 7.63. The number of carbonyl (C=O) groups is 1. The molecule has 1 fully saturated rings. The quantitative estimate of drug-likeness (QED) is 0.240. The summed E-state index contributed by atoms with van der Waals surface area (Å²) >= 11 is 0. The van der Waals surface area contributed by atoms with Crippen LogP contribution in [0, 0.1) is 19.7 Å². The third-order valence-electron chi connectivity index (χ3n) is 7.63. The minimum atomic E-state index is -4.94. The number of rotatable bonds is 6. The first-order chi connectivity index (χ1) is 19.4. The van der Waals surface area contributed by atoms with Gasteiger partial charge in [-0.3, -0.25) is 9.48 Å². The van der Waals surface area contributed by atoms with Crippen molar-refractivity contribution in [3.63, 3.8) is 0 Å². The normalized spacial score (nSPS) is 14.9. The van der Waals surface area contributed by atoms with Crippen molar-refractivity contribution in [1.29, 1.82) is 0 Å². The van der Waals surface area contributed by atoms with Gasteiger partial charge in [0.25, 0.3) is 0 Å². The van der Waals surface area contributed by atoms with Gasteiger partial charge in [0, 0.05) is 49.9 Å². The molecule has 0 saturated carbocycles. The first-order valence-electron chi connectivity index (χ1n) is 13.3. The van der Waals surface area contributed by atoms with Gasteiger partial charge in [0.1, 0.15) is 5.69 Å². The molecule has 0 radical (unpaired) electrons. The van der Waals surface area contributed by atoms with Crippen LogP contribution in [0.1, 0.15) is 39.2 Å². The highest BCUT2D eigenvalue weighted by molar-refractivity contribution is 5.98. The first kappa shape index (κ1) is 28.5. The van der Waals surface area contributed by atoms with Gasteiger partial charge in [-0.05, 0) is 63.2 Å². The summed E-state index contributed by atoms with van der Waals surface area (Å²) in [5.41, 5.74) is 2.74. The average Bonchev–Trinajstić information content (AvgIpc) is 3.46. The lowest BCUT2D eigenvalue weighted by atomic mass is 9.98. The van der Waals surface area contributed by atoms with Gasteiger partial charge in [0.05, 0.1) is 29.3 Å². The van der Waals surface area contributed by atoms with Crippen molar-refractivity contribution in [3.05, 3.63) is 76.5 Å². The molecule has 0 aliphatic carbocycles. The number of benzene rings is 2. The van der Waals surface area contributed by atoms with Crippen LogP contribution in [0.15, 0.2) is 42.7 Å². The Balaban J connectivity index is 1.45. The van der Waals surface area contributed by atoms with Crippen molar-refractivity contribution in [2.75, 3.05) is 38.1 Å². The number of hydrogen-bond acceptors (Lipinski definition) is 6. The minimum Gasteiger partial charge on any atom is -0.368 e. The van der Waals surface area contributed by atoms with Gasteiger partial charge in [-0.25, -0.2) is 9.07 Å². The Hall–Kier alpha value is -4.06. The van der Waals surface area contributed by atoms with Crippen LogP contribution in [0.25, 0.3) is 16.9 Å². The second kappa shape index (κ2) is 11.1. The largest absolute Gasteiger partial charge is 0.419 e. The van der Waals surface area contributed by atoms with Crippen molar-refractivity contribution < 1.29 is 22.4 Å². The van der Waals surface area contributed by atoms with Crippen LogP contribution >= 0.6 is 0 Å². The zero-order valence-corrected chi connectivity index (χ0v) is 23.3. The Kier molecular flexibility index (Phi) is 7.69. The second-order valence-electron chi connectivity index (χ2n) is 10.5. The van der Waals surface area contributed by atoms with E-state index < -0.39 is 23.3 Å². The monoisotopic (exact) mass is 569 g/mol. The van der Waals surface area contributed by atoms with Crippen molar-refractivity contribution in [1.82, 2.24) is 29.7 Å². The Labute approximate surface area is 235 Å². The summed E-state index contributed by atoms with van der Waals surface area (Å²) in [6.07, 6.45) is -0.958. The molecule has 0 N–H and O–H groups in total. The van der Waals surface area contributed by atoms with Gasteiger partial charge in [0.15, 0.2) is 11.6 Å². The predicted molar refractivity (Wildman–Crippen MR) is 147 cm³/mol. The maximum absolute atomic E-state index is 15.2. The molecule has 1 aliphatic heterocycles. The van der Waals surface area contributed by atoms with Gasteiger partial charge in [-0.1, -0.05) is 17.3 Å². The summed E-state index contributed by atoms with van der Waals surface area (Å²) in [5.74, 6) is -1.88. The number of Topliss-reactive ketones (excluding diaryl/α,β-unsaturated/α-hetero) is 1. The molecule has 2 aromatic carbocycles. The summed E-state index contributed by atoms with van der Waals surface area (Å²) in [7, 11) is 3.75. The second-order valence-corrected chi connectivity index (χ2v) is 10.5. The van der Waals surface area contributed by atoms with Crippen LogP contribution in [0.5, 0.6) is 0 Å². The number of carbonyl (C=O) groups excluding carboxylic acids is 1. The van der Waals surface area contributed by atoms with Gasteiger partial charge in [-0.2, -0.15) is 18.3 Å². The van der Waals surface area contributed by atoms with E-state index in [-0.39, 0.29) is 17.7 Å². The molecule has 1 saturated heterocycles. The van der Waals surface area contributed by atoms with E-state index in [2.05, 4.69) is 15.4 Å². The third kappa shape index (κ3) is 5.88. The highest BCUT2D eigenvalue weighted by Crippen LogP contribution is 2.37. The van der Waals surface area contributed by atoms with Crippen LogP contribution in [-0.4, -0.2) is 68.7 Å². The molecule has 2 aromatic heterocycles.